The highest BCUT2D eigenvalue weighted by atomic mass is 127. The number of hydrogen-bond acceptors (Lipinski definition) is 5. The topological polar surface area (TPSA) is 69.7 Å². The molecule has 0 bridgehead atoms. The Kier molecular flexibility index (Phi) is 4.62. The zero-order chi connectivity index (χ0) is 13.0. The van der Waals surface area contributed by atoms with Crippen LogP contribution in [0.1, 0.15) is 24.2 Å². The minimum atomic E-state index is -0.514. The van der Waals surface area contributed by atoms with E-state index in [0.29, 0.717) is 9.86 Å². The van der Waals surface area contributed by atoms with Crippen molar-refractivity contribution in [1.29, 1.82) is 0 Å². The lowest BCUT2D eigenvalue weighted by atomic mass is 10.2. The van der Waals surface area contributed by atoms with Crippen LogP contribution in [0.15, 0.2) is 12.1 Å². The number of aldehydes is 1. The molecule has 0 unspecified atom stereocenters. The van der Waals surface area contributed by atoms with Gasteiger partial charge in [-0.25, -0.2) is 0 Å². The molecule has 0 aliphatic carbocycles. The molecule has 0 heterocycles. The van der Waals surface area contributed by atoms with Crippen LogP contribution in [0, 0.1) is 3.57 Å². The van der Waals surface area contributed by atoms with Crippen molar-refractivity contribution in [2.45, 2.75) is 13.8 Å². The monoisotopic (exact) mass is 348 g/mol. The molecule has 1 aromatic rings. The molecule has 5 nitrogen and oxygen atoms in total. The van der Waals surface area contributed by atoms with Gasteiger partial charge in [-0.2, -0.15) is 0 Å². The van der Waals surface area contributed by atoms with Gasteiger partial charge in [-0.15, -0.1) is 0 Å². The Morgan fingerprint density at radius 3 is 1.82 bits per heavy atom. The fourth-order valence-electron chi connectivity index (χ4n) is 1.12. The van der Waals surface area contributed by atoms with Gasteiger partial charge < -0.3 is 9.47 Å². The van der Waals surface area contributed by atoms with Gasteiger partial charge in [0.25, 0.3) is 0 Å². The smallest absolute Gasteiger partial charge is 0.308 e. The molecule has 0 spiro atoms. The Hall–Kier alpha value is -1.44. The highest BCUT2D eigenvalue weighted by molar-refractivity contribution is 14.1. The molecule has 0 saturated heterocycles. The second-order valence-corrected chi connectivity index (χ2v) is 4.22. The summed E-state index contributed by atoms with van der Waals surface area (Å²) in [6.07, 6.45) is 0.579. The first-order valence-corrected chi connectivity index (χ1v) is 5.67. The van der Waals surface area contributed by atoms with Gasteiger partial charge in [0.1, 0.15) is 17.8 Å². The summed E-state index contributed by atoms with van der Waals surface area (Å²) in [5.41, 5.74) is 0.262. The predicted octanol–water partition coefficient (Wildman–Crippen LogP) is 1.95. The van der Waals surface area contributed by atoms with Crippen LogP contribution in [0.3, 0.4) is 0 Å². The van der Waals surface area contributed by atoms with Crippen LogP contribution in [0.4, 0.5) is 0 Å². The van der Waals surface area contributed by atoms with Crippen LogP contribution in [-0.2, 0) is 9.59 Å². The fraction of sp³-hybridized carbons (Fsp3) is 0.182. The number of carbonyl (C=O) groups is 3. The van der Waals surface area contributed by atoms with Crippen LogP contribution in [0.2, 0.25) is 0 Å². The van der Waals surface area contributed by atoms with E-state index in [9.17, 15) is 14.4 Å². The Balaban J connectivity index is 3.24. The molecule has 0 N–H and O–H groups in total. The van der Waals surface area contributed by atoms with Crippen LogP contribution < -0.4 is 9.47 Å². The molecule has 0 radical (unpaired) electrons. The molecular weight excluding hydrogens is 339 g/mol. The van der Waals surface area contributed by atoms with Crippen molar-refractivity contribution in [2.75, 3.05) is 0 Å². The average molecular weight is 348 g/mol. The van der Waals surface area contributed by atoms with E-state index in [4.69, 9.17) is 9.47 Å². The lowest BCUT2D eigenvalue weighted by Gasteiger charge is -2.09. The van der Waals surface area contributed by atoms with Crippen molar-refractivity contribution in [3.63, 3.8) is 0 Å². The standard InChI is InChI=1S/C11H9IO5/c1-6(14)16-9-3-8(5-13)4-10(11(9)12)17-7(2)15/h3-5H,1-2H3. The quantitative estimate of drug-likeness (QED) is 0.362. The second kappa shape index (κ2) is 5.76. The Morgan fingerprint density at radius 2 is 1.53 bits per heavy atom. The van der Waals surface area contributed by atoms with E-state index in [2.05, 4.69) is 0 Å². The first kappa shape index (κ1) is 13.6. The van der Waals surface area contributed by atoms with E-state index in [0.717, 1.165) is 0 Å². The summed E-state index contributed by atoms with van der Waals surface area (Å²) in [5, 5.41) is 0. The summed E-state index contributed by atoms with van der Waals surface area (Å²) in [6, 6.07) is 2.81. The van der Waals surface area contributed by atoms with Crippen molar-refractivity contribution in [1.82, 2.24) is 0 Å². The van der Waals surface area contributed by atoms with E-state index in [1.165, 1.54) is 26.0 Å². The predicted molar refractivity (Wildman–Crippen MR) is 67.2 cm³/mol. The SMILES string of the molecule is CC(=O)Oc1cc(C=O)cc(OC(C)=O)c1I. The average Bonchev–Trinajstić information content (AvgIpc) is 2.22. The summed E-state index contributed by atoms with van der Waals surface area (Å²) in [5.74, 6) is -0.641. The van der Waals surface area contributed by atoms with Gasteiger partial charge in [0, 0.05) is 19.4 Å². The van der Waals surface area contributed by atoms with Crippen molar-refractivity contribution in [3.05, 3.63) is 21.3 Å². The van der Waals surface area contributed by atoms with Gasteiger partial charge in [0.2, 0.25) is 0 Å². The number of rotatable bonds is 3. The third-order valence-electron chi connectivity index (χ3n) is 1.67. The molecule has 1 aromatic carbocycles. The summed E-state index contributed by atoms with van der Waals surface area (Å²) >= 11 is 1.87. The lowest BCUT2D eigenvalue weighted by molar-refractivity contribution is -0.132. The molecule has 0 aromatic heterocycles. The van der Waals surface area contributed by atoms with Gasteiger partial charge >= 0.3 is 11.9 Å². The normalized spacial score (nSPS) is 9.59. The van der Waals surface area contributed by atoms with Crippen LogP contribution in [0.5, 0.6) is 11.5 Å². The highest BCUT2D eigenvalue weighted by Crippen LogP contribution is 2.32. The minimum absolute atomic E-state index is 0.193. The molecule has 0 aliphatic rings. The van der Waals surface area contributed by atoms with Gasteiger partial charge in [-0.1, -0.05) is 0 Å². The van der Waals surface area contributed by atoms with E-state index in [1.807, 2.05) is 22.6 Å². The van der Waals surface area contributed by atoms with E-state index < -0.39 is 11.9 Å². The molecule has 0 saturated carbocycles. The molecule has 0 aliphatic heterocycles. The molecule has 90 valence electrons. The minimum Gasteiger partial charge on any atom is -0.425 e. The number of halogens is 1. The van der Waals surface area contributed by atoms with E-state index >= 15 is 0 Å². The van der Waals surface area contributed by atoms with Crippen molar-refractivity contribution < 1.29 is 23.9 Å². The van der Waals surface area contributed by atoms with Crippen molar-refractivity contribution in [2.24, 2.45) is 0 Å². The molecular formula is C11H9IO5. The Morgan fingerprint density at radius 1 is 1.12 bits per heavy atom. The maximum Gasteiger partial charge on any atom is 0.308 e. The summed E-state index contributed by atoms with van der Waals surface area (Å²) in [7, 11) is 0. The maximum atomic E-state index is 10.9. The maximum absolute atomic E-state index is 10.9. The van der Waals surface area contributed by atoms with Gasteiger partial charge in [0.05, 0.1) is 3.57 Å². The fourth-order valence-corrected chi connectivity index (χ4v) is 1.65. The van der Waals surface area contributed by atoms with Crippen LogP contribution >= 0.6 is 22.6 Å². The number of esters is 2. The number of ether oxygens (including phenoxy) is 2. The summed E-state index contributed by atoms with van der Waals surface area (Å²) in [4.78, 5) is 32.5. The van der Waals surface area contributed by atoms with Crippen molar-refractivity contribution in [3.8, 4) is 11.5 Å². The Labute approximate surface area is 111 Å². The molecule has 1 rings (SSSR count). The van der Waals surface area contributed by atoms with E-state index in [-0.39, 0.29) is 17.1 Å². The first-order valence-electron chi connectivity index (χ1n) is 4.59. The molecule has 6 heteroatoms. The third-order valence-corrected chi connectivity index (χ3v) is 2.73. The lowest BCUT2D eigenvalue weighted by Crippen LogP contribution is -2.07. The number of carbonyl (C=O) groups excluding carboxylic acids is 3. The van der Waals surface area contributed by atoms with Crippen LogP contribution in [0.25, 0.3) is 0 Å². The van der Waals surface area contributed by atoms with Crippen LogP contribution in [-0.4, -0.2) is 18.2 Å². The zero-order valence-electron chi connectivity index (χ0n) is 9.15. The van der Waals surface area contributed by atoms with Gasteiger partial charge in [-0.05, 0) is 34.7 Å². The Bertz CT molecular complexity index is 444. The summed E-state index contributed by atoms with van der Waals surface area (Å²) < 4.78 is 10.3. The molecule has 0 amide bonds. The molecule has 17 heavy (non-hydrogen) atoms. The summed E-state index contributed by atoms with van der Waals surface area (Å²) in [6.45, 7) is 2.49. The molecule has 0 fully saturated rings. The van der Waals surface area contributed by atoms with E-state index in [1.54, 1.807) is 0 Å². The van der Waals surface area contributed by atoms with Gasteiger partial charge in [0.15, 0.2) is 0 Å². The largest absolute Gasteiger partial charge is 0.425 e. The zero-order valence-corrected chi connectivity index (χ0v) is 11.3. The number of hydrogen-bond donors (Lipinski definition) is 0. The third kappa shape index (κ3) is 3.81. The van der Waals surface area contributed by atoms with Gasteiger partial charge in [-0.3, -0.25) is 14.4 Å². The highest BCUT2D eigenvalue weighted by Gasteiger charge is 2.14. The second-order valence-electron chi connectivity index (χ2n) is 3.14. The van der Waals surface area contributed by atoms with Crippen molar-refractivity contribution >= 4 is 40.8 Å². The first-order chi connectivity index (χ1) is 7.93. The number of benzene rings is 1. The molecule has 0 atom stereocenters.